The summed E-state index contributed by atoms with van der Waals surface area (Å²) in [5.74, 6) is 0.657. The second-order valence-electron chi connectivity index (χ2n) is 11.2. The van der Waals surface area contributed by atoms with Gasteiger partial charge in [-0.15, -0.1) is 11.8 Å². The topological polar surface area (TPSA) is 135 Å². The van der Waals surface area contributed by atoms with Crippen LogP contribution in [0.25, 0.3) is 0 Å². The molecule has 1 unspecified atom stereocenters. The van der Waals surface area contributed by atoms with Gasteiger partial charge in [0.2, 0.25) is 0 Å². The van der Waals surface area contributed by atoms with Crippen LogP contribution in [0.1, 0.15) is 49.3 Å². The van der Waals surface area contributed by atoms with E-state index < -0.39 is 10.8 Å². The molecule has 214 valence electrons. The number of aromatic nitrogens is 1. The molecule has 0 spiro atoms. The molecule has 3 aromatic rings. The Bertz CT molecular complexity index is 1690. The quantitative estimate of drug-likeness (QED) is 0.187. The zero-order valence-electron chi connectivity index (χ0n) is 23.9. The number of nitrogens with two attached hydrogens (primary N) is 1. The first-order chi connectivity index (χ1) is 20.0. The fourth-order valence-electron chi connectivity index (χ4n) is 5.74. The molecular formula is C32H31N5O4S. The van der Waals surface area contributed by atoms with Gasteiger partial charge in [0.15, 0.2) is 5.78 Å². The number of nitrogens with zero attached hydrogens (tertiary/aromatic N) is 4. The molecular weight excluding hydrogens is 550 g/mol. The monoisotopic (exact) mass is 581 g/mol. The van der Waals surface area contributed by atoms with Crippen LogP contribution in [0.4, 0.5) is 11.4 Å². The molecule has 42 heavy (non-hydrogen) atoms. The number of aryl methyl sites for hydroxylation is 1. The minimum atomic E-state index is -0.687. The summed E-state index contributed by atoms with van der Waals surface area (Å²) in [6, 6.07) is 18.2. The number of hydrogen-bond donors (Lipinski definition) is 1. The highest BCUT2D eigenvalue weighted by molar-refractivity contribution is 7.98. The third-order valence-electron chi connectivity index (χ3n) is 7.68. The number of pyridine rings is 1. The Morgan fingerprint density at radius 3 is 2.67 bits per heavy atom. The number of non-ortho nitro benzene ring substituents is 1. The Hall–Kier alpha value is -4.62. The van der Waals surface area contributed by atoms with E-state index in [1.165, 1.54) is 12.1 Å². The molecule has 2 N–H and O–H groups in total. The van der Waals surface area contributed by atoms with E-state index in [1.807, 2.05) is 57.2 Å². The number of allylic oxidation sites excluding steroid dienone is 3. The van der Waals surface area contributed by atoms with Gasteiger partial charge in [-0.3, -0.25) is 19.8 Å². The van der Waals surface area contributed by atoms with E-state index in [-0.39, 0.29) is 28.3 Å². The number of benzene rings is 2. The number of carbonyl (C=O) groups is 1. The van der Waals surface area contributed by atoms with Crippen molar-refractivity contribution in [2.45, 2.75) is 50.3 Å². The molecule has 0 bridgehead atoms. The summed E-state index contributed by atoms with van der Waals surface area (Å²) >= 11 is 1.56. The minimum Gasteiger partial charge on any atom is -0.496 e. The maximum absolute atomic E-state index is 13.9. The molecule has 0 amide bonds. The Kier molecular flexibility index (Phi) is 7.80. The van der Waals surface area contributed by atoms with Crippen LogP contribution < -0.4 is 15.4 Å². The van der Waals surface area contributed by atoms with Crippen molar-refractivity contribution in [1.29, 1.82) is 5.26 Å². The van der Waals surface area contributed by atoms with Crippen LogP contribution in [0.2, 0.25) is 0 Å². The second kappa shape index (κ2) is 11.3. The molecule has 2 aromatic carbocycles. The number of methoxy groups -OCH3 is 1. The molecule has 1 aliphatic heterocycles. The zero-order chi connectivity index (χ0) is 30.2. The Morgan fingerprint density at radius 1 is 1.21 bits per heavy atom. The average molecular weight is 582 g/mol. The molecule has 0 saturated carbocycles. The number of hydrogen-bond acceptors (Lipinski definition) is 9. The average Bonchev–Trinajstić information content (AvgIpc) is 2.96. The van der Waals surface area contributed by atoms with Crippen LogP contribution in [0.3, 0.4) is 0 Å². The number of nitro groups is 1. The summed E-state index contributed by atoms with van der Waals surface area (Å²) in [4.78, 5) is 31.2. The number of Topliss-reactive ketones (excluding diaryl/α,β-unsaturated/α-hetero) is 1. The molecule has 2 aliphatic rings. The van der Waals surface area contributed by atoms with E-state index >= 15 is 0 Å². The summed E-state index contributed by atoms with van der Waals surface area (Å²) < 4.78 is 5.65. The van der Waals surface area contributed by atoms with Crippen LogP contribution in [0.15, 0.2) is 88.5 Å². The lowest BCUT2D eigenvalue weighted by atomic mass is 9.68. The van der Waals surface area contributed by atoms with Gasteiger partial charge >= 0.3 is 0 Å². The number of nitro benzene ring substituents is 1. The number of ether oxygens (including phenoxy) is 1. The van der Waals surface area contributed by atoms with Gasteiger partial charge in [0.25, 0.3) is 5.69 Å². The summed E-state index contributed by atoms with van der Waals surface area (Å²) in [7, 11) is 1.61. The summed E-state index contributed by atoms with van der Waals surface area (Å²) in [5, 5.41) is 23.0. The van der Waals surface area contributed by atoms with Crippen molar-refractivity contribution in [2.24, 2.45) is 11.1 Å². The fraction of sp³-hybridized carbons (Fsp3) is 0.281. The smallest absolute Gasteiger partial charge is 0.271 e. The third-order valence-corrected chi connectivity index (χ3v) is 8.67. The van der Waals surface area contributed by atoms with E-state index in [2.05, 4.69) is 11.1 Å². The molecule has 2 heterocycles. The maximum Gasteiger partial charge on any atom is 0.271 e. The van der Waals surface area contributed by atoms with Crippen LogP contribution >= 0.6 is 11.8 Å². The van der Waals surface area contributed by atoms with E-state index in [0.29, 0.717) is 41.3 Å². The Morgan fingerprint density at radius 2 is 2.00 bits per heavy atom. The predicted octanol–water partition coefficient (Wildman–Crippen LogP) is 6.54. The van der Waals surface area contributed by atoms with Gasteiger partial charge in [-0.25, -0.2) is 4.98 Å². The lowest BCUT2D eigenvalue weighted by molar-refractivity contribution is -0.384. The van der Waals surface area contributed by atoms with Crippen molar-refractivity contribution in [3.8, 4) is 11.8 Å². The van der Waals surface area contributed by atoms with Crippen LogP contribution in [0, 0.1) is 33.8 Å². The highest BCUT2D eigenvalue weighted by Gasteiger charge is 2.45. The fourth-order valence-corrected chi connectivity index (χ4v) is 6.58. The van der Waals surface area contributed by atoms with Crippen molar-refractivity contribution in [2.75, 3.05) is 12.0 Å². The van der Waals surface area contributed by atoms with E-state index in [1.54, 1.807) is 36.0 Å². The number of carbonyl (C=O) groups excluding carboxylic acids is 1. The van der Waals surface area contributed by atoms with Crippen molar-refractivity contribution in [3.63, 3.8) is 0 Å². The van der Waals surface area contributed by atoms with E-state index in [0.717, 1.165) is 21.7 Å². The molecule has 5 rings (SSSR count). The van der Waals surface area contributed by atoms with Crippen molar-refractivity contribution >= 4 is 28.9 Å². The number of ketones is 1. The van der Waals surface area contributed by atoms with Gasteiger partial charge in [-0.05, 0) is 48.1 Å². The first kappa shape index (κ1) is 28.9. The van der Waals surface area contributed by atoms with Gasteiger partial charge in [0, 0.05) is 47.3 Å². The summed E-state index contributed by atoms with van der Waals surface area (Å²) in [6.07, 6.45) is 2.55. The van der Waals surface area contributed by atoms with Gasteiger partial charge in [0.1, 0.15) is 11.6 Å². The first-order valence-corrected chi connectivity index (χ1v) is 14.4. The Labute approximate surface area is 248 Å². The molecule has 0 saturated heterocycles. The van der Waals surface area contributed by atoms with Crippen molar-refractivity contribution < 1.29 is 14.5 Å². The minimum absolute atomic E-state index is 0.0696. The molecule has 9 nitrogen and oxygen atoms in total. The van der Waals surface area contributed by atoms with E-state index in [4.69, 9.17) is 10.5 Å². The van der Waals surface area contributed by atoms with Crippen molar-refractivity contribution in [1.82, 2.24) is 4.98 Å². The molecule has 10 heteroatoms. The molecule has 1 aliphatic carbocycles. The number of rotatable bonds is 7. The first-order valence-electron chi connectivity index (χ1n) is 13.5. The standard InChI is InChI=1S/C32H31N5O4S/c1-19-8-10-22(37(39)40)14-24(19)36-25-15-32(2,3)16-26(38)30(25)29(23(17-33)31(36)34)20-9-11-27(41-4)21(13-20)18-42-28-7-5-6-12-35-28/h5-14,29H,15-16,18,34H2,1-4H3. The van der Waals surface area contributed by atoms with E-state index in [9.17, 15) is 20.2 Å². The SMILES string of the molecule is COc1ccc(C2C(C#N)=C(N)N(c3cc([N+](=O)[O-])ccc3C)C3=C2C(=O)CC(C)(C)C3)cc1CSc1ccccn1. The summed E-state index contributed by atoms with van der Waals surface area (Å²) in [5.41, 5.74) is 10.6. The van der Waals surface area contributed by atoms with Crippen LogP contribution in [-0.4, -0.2) is 22.8 Å². The normalized spacial score (nSPS) is 18.0. The predicted molar refractivity (Wildman–Crippen MR) is 162 cm³/mol. The molecule has 0 fully saturated rings. The van der Waals surface area contributed by atoms with Crippen molar-refractivity contribution in [3.05, 3.63) is 110 Å². The lowest BCUT2D eigenvalue weighted by Gasteiger charge is -2.44. The number of nitriles is 1. The largest absolute Gasteiger partial charge is 0.496 e. The van der Waals surface area contributed by atoms with Gasteiger partial charge in [-0.1, -0.05) is 38.1 Å². The number of anilines is 1. The third kappa shape index (κ3) is 5.35. The van der Waals surface area contributed by atoms with Gasteiger partial charge < -0.3 is 10.5 Å². The number of thioether (sulfide) groups is 1. The summed E-state index contributed by atoms with van der Waals surface area (Å²) in [6.45, 7) is 5.86. The second-order valence-corrected chi connectivity index (χ2v) is 12.2. The highest BCUT2D eigenvalue weighted by atomic mass is 32.2. The van der Waals surface area contributed by atoms with Gasteiger partial charge in [0.05, 0.1) is 40.3 Å². The Balaban J connectivity index is 1.68. The zero-order valence-corrected chi connectivity index (χ0v) is 24.7. The van der Waals surface area contributed by atoms with Gasteiger partial charge in [-0.2, -0.15) is 5.26 Å². The highest BCUT2D eigenvalue weighted by Crippen LogP contribution is 2.51. The molecule has 0 radical (unpaired) electrons. The van der Waals surface area contributed by atoms with Crippen LogP contribution in [-0.2, 0) is 10.5 Å². The maximum atomic E-state index is 13.9. The van der Waals surface area contributed by atoms with Crippen LogP contribution in [0.5, 0.6) is 5.75 Å². The molecule has 1 aromatic heterocycles. The lowest BCUT2D eigenvalue weighted by Crippen LogP contribution is -2.42. The molecule has 1 atom stereocenters.